The zero-order valence-electron chi connectivity index (χ0n) is 12.3. The molecule has 2 heteroatoms. The lowest BCUT2D eigenvalue weighted by Crippen LogP contribution is -2.41. The highest BCUT2D eigenvalue weighted by Crippen LogP contribution is 2.19. The standard InChI is InChI=1S/C17H27NO/c1-3-11-18-16(17-6-5-12-19-17)13-15-9-7-14(4-2)8-10-15/h7-10,16-18H,3-6,11-13H2,1-2H3. The summed E-state index contributed by atoms with van der Waals surface area (Å²) in [4.78, 5) is 0. The molecule has 2 rings (SSSR count). The van der Waals surface area contributed by atoms with Gasteiger partial charge in [0.05, 0.1) is 6.10 Å². The van der Waals surface area contributed by atoms with Crippen LogP contribution in [0.25, 0.3) is 0 Å². The Bertz CT molecular complexity index is 354. The normalized spacial score (nSPS) is 20.6. The number of hydrogen-bond acceptors (Lipinski definition) is 2. The summed E-state index contributed by atoms with van der Waals surface area (Å²) in [5, 5.41) is 3.66. The first-order valence-corrected chi connectivity index (χ1v) is 7.76. The summed E-state index contributed by atoms with van der Waals surface area (Å²) in [6.45, 7) is 6.43. The molecule has 1 aliphatic rings. The third kappa shape index (κ3) is 4.32. The second-order valence-corrected chi connectivity index (χ2v) is 5.49. The number of aryl methyl sites for hydroxylation is 1. The van der Waals surface area contributed by atoms with Gasteiger partial charge in [0, 0.05) is 12.6 Å². The molecular formula is C17H27NO. The van der Waals surface area contributed by atoms with Crippen molar-refractivity contribution in [3.05, 3.63) is 35.4 Å². The maximum Gasteiger partial charge on any atom is 0.0732 e. The Morgan fingerprint density at radius 2 is 1.95 bits per heavy atom. The monoisotopic (exact) mass is 261 g/mol. The van der Waals surface area contributed by atoms with Gasteiger partial charge in [-0.1, -0.05) is 38.1 Å². The Kier molecular flexibility index (Phi) is 5.87. The molecule has 0 aromatic heterocycles. The average Bonchev–Trinajstić information content (AvgIpc) is 2.98. The van der Waals surface area contributed by atoms with Crippen LogP contribution in [0.15, 0.2) is 24.3 Å². The van der Waals surface area contributed by atoms with Gasteiger partial charge in [0.1, 0.15) is 0 Å². The molecule has 1 heterocycles. The van der Waals surface area contributed by atoms with Crippen molar-refractivity contribution in [3.8, 4) is 0 Å². The van der Waals surface area contributed by atoms with Crippen molar-refractivity contribution >= 4 is 0 Å². The van der Waals surface area contributed by atoms with Crippen molar-refractivity contribution in [2.75, 3.05) is 13.2 Å². The SMILES string of the molecule is CCCNC(Cc1ccc(CC)cc1)C1CCCO1. The predicted molar refractivity (Wildman–Crippen MR) is 80.6 cm³/mol. The minimum atomic E-state index is 0.400. The van der Waals surface area contributed by atoms with Crippen LogP contribution >= 0.6 is 0 Å². The topological polar surface area (TPSA) is 21.3 Å². The van der Waals surface area contributed by atoms with Crippen molar-refractivity contribution in [2.45, 2.75) is 58.1 Å². The summed E-state index contributed by atoms with van der Waals surface area (Å²) in [5.74, 6) is 0. The quantitative estimate of drug-likeness (QED) is 0.813. The van der Waals surface area contributed by atoms with Crippen molar-refractivity contribution in [2.24, 2.45) is 0 Å². The van der Waals surface area contributed by atoms with Crippen LogP contribution in [-0.4, -0.2) is 25.3 Å². The molecule has 0 saturated carbocycles. The lowest BCUT2D eigenvalue weighted by Gasteiger charge is -2.24. The van der Waals surface area contributed by atoms with Gasteiger partial charge < -0.3 is 10.1 Å². The number of rotatable bonds is 7. The third-order valence-corrected chi connectivity index (χ3v) is 3.96. The molecular weight excluding hydrogens is 234 g/mol. The van der Waals surface area contributed by atoms with E-state index >= 15 is 0 Å². The highest BCUT2D eigenvalue weighted by molar-refractivity contribution is 5.23. The summed E-state index contributed by atoms with van der Waals surface area (Å²) in [6.07, 6.45) is 6.19. The molecule has 0 radical (unpaired) electrons. The Morgan fingerprint density at radius 3 is 2.53 bits per heavy atom. The summed E-state index contributed by atoms with van der Waals surface area (Å²) >= 11 is 0. The number of ether oxygens (including phenoxy) is 1. The van der Waals surface area contributed by atoms with E-state index in [-0.39, 0.29) is 0 Å². The van der Waals surface area contributed by atoms with Crippen LogP contribution in [0.1, 0.15) is 44.2 Å². The number of hydrogen-bond donors (Lipinski definition) is 1. The molecule has 0 amide bonds. The lowest BCUT2D eigenvalue weighted by molar-refractivity contribution is 0.0784. The number of benzene rings is 1. The van der Waals surface area contributed by atoms with E-state index in [4.69, 9.17) is 4.74 Å². The van der Waals surface area contributed by atoms with Crippen LogP contribution in [0.4, 0.5) is 0 Å². The largest absolute Gasteiger partial charge is 0.377 e. The molecule has 1 aromatic rings. The van der Waals surface area contributed by atoms with Gasteiger partial charge in [0.15, 0.2) is 0 Å². The number of nitrogens with one attached hydrogen (secondary N) is 1. The zero-order chi connectivity index (χ0) is 13.5. The highest BCUT2D eigenvalue weighted by atomic mass is 16.5. The molecule has 2 unspecified atom stereocenters. The van der Waals surface area contributed by atoms with E-state index in [1.165, 1.54) is 30.4 Å². The van der Waals surface area contributed by atoms with Crippen LogP contribution < -0.4 is 5.32 Å². The first-order valence-electron chi connectivity index (χ1n) is 7.76. The van der Waals surface area contributed by atoms with Gasteiger partial charge >= 0.3 is 0 Å². The molecule has 0 aliphatic carbocycles. The fourth-order valence-corrected chi connectivity index (χ4v) is 2.75. The van der Waals surface area contributed by atoms with Crippen molar-refractivity contribution in [3.63, 3.8) is 0 Å². The fraction of sp³-hybridized carbons (Fsp3) is 0.647. The minimum absolute atomic E-state index is 0.400. The summed E-state index contributed by atoms with van der Waals surface area (Å²) in [5.41, 5.74) is 2.83. The second kappa shape index (κ2) is 7.66. The van der Waals surface area contributed by atoms with Gasteiger partial charge in [-0.05, 0) is 49.8 Å². The van der Waals surface area contributed by atoms with Crippen LogP contribution in [0, 0.1) is 0 Å². The molecule has 1 saturated heterocycles. The highest BCUT2D eigenvalue weighted by Gasteiger charge is 2.25. The Balaban J connectivity index is 1.96. The lowest BCUT2D eigenvalue weighted by atomic mass is 9.98. The molecule has 1 aliphatic heterocycles. The van der Waals surface area contributed by atoms with E-state index < -0.39 is 0 Å². The van der Waals surface area contributed by atoms with Crippen molar-refractivity contribution < 1.29 is 4.74 Å². The molecule has 1 aromatic carbocycles. The van der Waals surface area contributed by atoms with E-state index in [1.807, 2.05) is 0 Å². The van der Waals surface area contributed by atoms with E-state index in [0.29, 0.717) is 12.1 Å². The van der Waals surface area contributed by atoms with Crippen LogP contribution in [0.2, 0.25) is 0 Å². The average molecular weight is 261 g/mol. The zero-order valence-corrected chi connectivity index (χ0v) is 12.3. The van der Waals surface area contributed by atoms with Crippen molar-refractivity contribution in [1.82, 2.24) is 5.32 Å². The van der Waals surface area contributed by atoms with E-state index in [9.17, 15) is 0 Å². The van der Waals surface area contributed by atoms with Gasteiger partial charge in [0.2, 0.25) is 0 Å². The van der Waals surface area contributed by atoms with Gasteiger partial charge in [-0.25, -0.2) is 0 Å². The van der Waals surface area contributed by atoms with E-state index in [1.54, 1.807) is 0 Å². The molecule has 0 bridgehead atoms. The van der Waals surface area contributed by atoms with E-state index in [2.05, 4.69) is 43.4 Å². The minimum Gasteiger partial charge on any atom is -0.377 e. The van der Waals surface area contributed by atoms with Gasteiger partial charge in [-0.3, -0.25) is 0 Å². The molecule has 106 valence electrons. The van der Waals surface area contributed by atoms with Crippen LogP contribution in [0.3, 0.4) is 0 Å². The fourth-order valence-electron chi connectivity index (χ4n) is 2.75. The van der Waals surface area contributed by atoms with Gasteiger partial charge in [0.25, 0.3) is 0 Å². The Hall–Kier alpha value is -0.860. The molecule has 1 N–H and O–H groups in total. The molecule has 2 atom stereocenters. The smallest absolute Gasteiger partial charge is 0.0732 e. The summed E-state index contributed by atoms with van der Waals surface area (Å²) in [6, 6.07) is 9.52. The summed E-state index contributed by atoms with van der Waals surface area (Å²) < 4.78 is 5.87. The second-order valence-electron chi connectivity index (χ2n) is 5.49. The summed E-state index contributed by atoms with van der Waals surface area (Å²) in [7, 11) is 0. The van der Waals surface area contributed by atoms with Crippen LogP contribution in [-0.2, 0) is 17.6 Å². The Labute approximate surface area is 117 Å². The third-order valence-electron chi connectivity index (χ3n) is 3.96. The molecule has 19 heavy (non-hydrogen) atoms. The molecule has 1 fully saturated rings. The van der Waals surface area contributed by atoms with Crippen LogP contribution in [0.5, 0.6) is 0 Å². The maximum atomic E-state index is 5.87. The van der Waals surface area contributed by atoms with Gasteiger partial charge in [-0.2, -0.15) is 0 Å². The first kappa shape index (κ1) is 14.5. The molecule has 0 spiro atoms. The predicted octanol–water partition coefficient (Wildman–Crippen LogP) is 3.34. The Morgan fingerprint density at radius 1 is 1.21 bits per heavy atom. The van der Waals surface area contributed by atoms with Crippen molar-refractivity contribution in [1.29, 1.82) is 0 Å². The van der Waals surface area contributed by atoms with Gasteiger partial charge in [-0.15, -0.1) is 0 Å². The molecule has 2 nitrogen and oxygen atoms in total. The maximum absolute atomic E-state index is 5.87. The first-order chi connectivity index (χ1) is 9.33. The van der Waals surface area contributed by atoms with E-state index in [0.717, 1.165) is 26.0 Å².